The predicted octanol–water partition coefficient (Wildman–Crippen LogP) is 4.45. The molecule has 3 rings (SSSR count). The van der Waals surface area contributed by atoms with Crippen LogP contribution in [0.15, 0.2) is 28.9 Å². The first kappa shape index (κ1) is 15.3. The molecular weight excluding hydrogens is 370 g/mol. The van der Waals surface area contributed by atoms with Crippen molar-refractivity contribution in [3.8, 4) is 0 Å². The molecule has 1 saturated carbocycles. The topological polar surface area (TPSA) is 28.2 Å². The zero-order valence-corrected chi connectivity index (χ0v) is 14.9. The highest BCUT2D eigenvalue weighted by Crippen LogP contribution is 2.27. The average Bonchev–Trinajstić information content (AvgIpc) is 3.19. The molecule has 2 aromatic heterocycles. The molecule has 0 radical (unpaired) electrons. The van der Waals surface area contributed by atoms with Gasteiger partial charge in [-0.1, -0.05) is 11.6 Å². The van der Waals surface area contributed by atoms with Crippen LogP contribution in [0.5, 0.6) is 0 Å². The Labute approximate surface area is 142 Å². The lowest BCUT2D eigenvalue weighted by Gasteiger charge is -2.21. The van der Waals surface area contributed by atoms with E-state index in [9.17, 15) is 0 Å². The summed E-state index contributed by atoms with van der Waals surface area (Å²) in [7, 11) is 2.07. The molecule has 0 amide bonds. The minimum atomic E-state index is 0.693. The maximum atomic E-state index is 6.00. The highest BCUT2D eigenvalue weighted by atomic mass is 79.9. The van der Waals surface area contributed by atoms with Gasteiger partial charge in [-0.15, -0.1) is 11.3 Å². The fraction of sp³-hybridized carbons (Fsp3) is 0.400. The summed E-state index contributed by atoms with van der Waals surface area (Å²) >= 11 is 11.1. The molecule has 0 aliphatic heterocycles. The number of pyridine rings is 1. The molecule has 112 valence electrons. The lowest BCUT2D eigenvalue weighted by molar-refractivity contribution is 0.682. The Kier molecular flexibility index (Phi) is 4.84. The van der Waals surface area contributed by atoms with E-state index in [4.69, 9.17) is 11.6 Å². The van der Waals surface area contributed by atoms with E-state index in [-0.39, 0.29) is 0 Å². The van der Waals surface area contributed by atoms with Gasteiger partial charge >= 0.3 is 0 Å². The van der Waals surface area contributed by atoms with Crippen molar-refractivity contribution < 1.29 is 0 Å². The fourth-order valence-electron chi connectivity index (χ4n) is 2.23. The molecule has 0 spiro atoms. The van der Waals surface area contributed by atoms with Crippen molar-refractivity contribution >= 4 is 44.7 Å². The van der Waals surface area contributed by atoms with Crippen molar-refractivity contribution in [2.24, 2.45) is 0 Å². The lowest BCUT2D eigenvalue weighted by atomic mass is 10.2. The van der Waals surface area contributed by atoms with Gasteiger partial charge in [-0.25, -0.2) is 4.98 Å². The van der Waals surface area contributed by atoms with Crippen LogP contribution < -0.4 is 10.2 Å². The van der Waals surface area contributed by atoms with Gasteiger partial charge in [-0.3, -0.25) is 0 Å². The summed E-state index contributed by atoms with van der Waals surface area (Å²) in [5.41, 5.74) is 1.22. The Morgan fingerprint density at radius 2 is 2.29 bits per heavy atom. The third-order valence-electron chi connectivity index (χ3n) is 3.45. The van der Waals surface area contributed by atoms with Crippen LogP contribution in [0, 0.1) is 0 Å². The van der Waals surface area contributed by atoms with Crippen molar-refractivity contribution in [2.45, 2.75) is 32.0 Å². The third-order valence-corrected chi connectivity index (χ3v) is 5.10. The normalized spacial score (nSPS) is 14.4. The van der Waals surface area contributed by atoms with Gasteiger partial charge < -0.3 is 10.2 Å². The zero-order valence-electron chi connectivity index (χ0n) is 11.8. The van der Waals surface area contributed by atoms with Crippen LogP contribution in [-0.4, -0.2) is 18.1 Å². The zero-order chi connectivity index (χ0) is 14.8. The van der Waals surface area contributed by atoms with E-state index in [2.05, 4.69) is 50.3 Å². The Morgan fingerprint density at radius 1 is 1.48 bits per heavy atom. The Balaban J connectivity index is 1.75. The minimum Gasteiger partial charge on any atom is -0.354 e. The maximum Gasteiger partial charge on any atom is 0.133 e. The van der Waals surface area contributed by atoms with Gasteiger partial charge in [-0.2, -0.15) is 0 Å². The monoisotopic (exact) mass is 385 g/mol. The van der Waals surface area contributed by atoms with Gasteiger partial charge in [0.2, 0.25) is 0 Å². The second-order valence-electron chi connectivity index (χ2n) is 5.35. The molecule has 6 heteroatoms. The van der Waals surface area contributed by atoms with Gasteiger partial charge in [0, 0.05) is 40.7 Å². The summed E-state index contributed by atoms with van der Waals surface area (Å²) in [4.78, 5) is 8.01. The molecule has 0 unspecified atom stereocenters. The van der Waals surface area contributed by atoms with Gasteiger partial charge in [0.1, 0.15) is 5.82 Å². The fourth-order valence-corrected chi connectivity index (χ4v) is 3.75. The first-order chi connectivity index (χ1) is 10.1. The van der Waals surface area contributed by atoms with Crippen molar-refractivity contribution in [1.82, 2.24) is 10.3 Å². The van der Waals surface area contributed by atoms with Crippen LogP contribution in [0.3, 0.4) is 0 Å². The third kappa shape index (κ3) is 4.19. The van der Waals surface area contributed by atoms with Crippen molar-refractivity contribution in [2.75, 3.05) is 11.9 Å². The van der Waals surface area contributed by atoms with E-state index >= 15 is 0 Å². The van der Waals surface area contributed by atoms with E-state index in [0.717, 1.165) is 27.7 Å². The molecule has 21 heavy (non-hydrogen) atoms. The van der Waals surface area contributed by atoms with Gasteiger partial charge in [0.25, 0.3) is 0 Å². The van der Waals surface area contributed by atoms with Gasteiger partial charge in [0.15, 0.2) is 0 Å². The molecule has 1 aliphatic carbocycles. The quantitative estimate of drug-likeness (QED) is 0.795. The summed E-state index contributed by atoms with van der Waals surface area (Å²) in [6, 6.07) is 6.86. The molecule has 1 fully saturated rings. The molecule has 1 N–H and O–H groups in total. The van der Waals surface area contributed by atoms with Crippen LogP contribution in [0.25, 0.3) is 0 Å². The summed E-state index contributed by atoms with van der Waals surface area (Å²) in [5, 5.41) is 3.56. The number of nitrogens with one attached hydrogen (secondary N) is 1. The molecule has 2 aromatic rings. The maximum absolute atomic E-state index is 6.00. The van der Waals surface area contributed by atoms with Crippen molar-refractivity contribution in [3.05, 3.63) is 43.6 Å². The average molecular weight is 387 g/mol. The largest absolute Gasteiger partial charge is 0.354 e. The highest BCUT2D eigenvalue weighted by molar-refractivity contribution is 9.10. The second-order valence-corrected chi connectivity index (χ2v) is 8.07. The van der Waals surface area contributed by atoms with Crippen molar-refractivity contribution in [1.29, 1.82) is 0 Å². The molecule has 0 saturated heterocycles. The summed E-state index contributed by atoms with van der Waals surface area (Å²) in [6.07, 6.45) is 4.44. The van der Waals surface area contributed by atoms with Gasteiger partial charge in [0.05, 0.1) is 10.9 Å². The van der Waals surface area contributed by atoms with Crippen LogP contribution in [0.1, 0.15) is 23.3 Å². The predicted molar refractivity (Wildman–Crippen MR) is 93.2 cm³/mol. The molecule has 0 aromatic carbocycles. The van der Waals surface area contributed by atoms with Crippen LogP contribution in [-0.2, 0) is 13.1 Å². The first-order valence-corrected chi connectivity index (χ1v) is 8.94. The number of aromatic nitrogens is 1. The first-order valence-electron chi connectivity index (χ1n) is 6.95. The molecule has 1 aliphatic rings. The molecule has 0 bridgehead atoms. The van der Waals surface area contributed by atoms with Gasteiger partial charge in [-0.05, 0) is 47.0 Å². The molecular formula is C15H17BrClN3S. The number of halogens is 2. The molecule has 2 heterocycles. The lowest BCUT2D eigenvalue weighted by Crippen LogP contribution is -2.22. The SMILES string of the molecule is CN(Cc1ccc(Cl)s1)c1ncc(Br)cc1CNC1CC1. The number of hydrogen-bond acceptors (Lipinski definition) is 4. The van der Waals surface area contributed by atoms with E-state index < -0.39 is 0 Å². The Bertz CT molecular complexity index is 627. The molecule has 0 atom stereocenters. The van der Waals surface area contributed by atoms with E-state index in [1.807, 2.05) is 12.3 Å². The van der Waals surface area contributed by atoms with Crippen LogP contribution in [0.4, 0.5) is 5.82 Å². The summed E-state index contributed by atoms with van der Waals surface area (Å²) < 4.78 is 1.85. The highest BCUT2D eigenvalue weighted by Gasteiger charge is 2.21. The second kappa shape index (κ2) is 6.65. The summed E-state index contributed by atoms with van der Waals surface area (Å²) in [5.74, 6) is 1.02. The van der Waals surface area contributed by atoms with Crippen LogP contribution in [0.2, 0.25) is 4.34 Å². The van der Waals surface area contributed by atoms with E-state index in [1.165, 1.54) is 23.3 Å². The van der Waals surface area contributed by atoms with E-state index in [1.54, 1.807) is 11.3 Å². The minimum absolute atomic E-state index is 0.693. The van der Waals surface area contributed by atoms with E-state index in [0.29, 0.717) is 6.04 Å². The number of rotatable bonds is 6. The smallest absolute Gasteiger partial charge is 0.133 e. The Hall–Kier alpha value is -0.620. The number of thiophene rings is 1. The van der Waals surface area contributed by atoms with Crippen LogP contribution >= 0.6 is 38.9 Å². The molecule has 3 nitrogen and oxygen atoms in total. The van der Waals surface area contributed by atoms with Crippen molar-refractivity contribution in [3.63, 3.8) is 0 Å². The Morgan fingerprint density at radius 3 is 2.95 bits per heavy atom. The number of nitrogens with zero attached hydrogens (tertiary/aromatic N) is 2. The summed E-state index contributed by atoms with van der Waals surface area (Å²) in [6.45, 7) is 1.68. The number of anilines is 1. The number of hydrogen-bond donors (Lipinski definition) is 1. The standard InChI is InChI=1S/C15H17BrClN3S/c1-20(9-13-4-5-14(17)21-13)15-10(6-11(16)8-19-15)7-18-12-2-3-12/h4-6,8,12,18H,2-3,7,9H2,1H3.